The summed E-state index contributed by atoms with van der Waals surface area (Å²) in [5.74, 6) is 0. The first kappa shape index (κ1) is 18.4. The van der Waals surface area contributed by atoms with Crippen LogP contribution in [0.4, 0.5) is 0 Å². The van der Waals surface area contributed by atoms with E-state index in [1.54, 1.807) is 18.2 Å². The first-order valence-electron chi connectivity index (χ1n) is 7.73. The van der Waals surface area contributed by atoms with E-state index >= 15 is 0 Å². The minimum absolute atomic E-state index is 0.238. The summed E-state index contributed by atoms with van der Waals surface area (Å²) in [6.07, 6.45) is 2.19. The highest BCUT2D eigenvalue weighted by Gasteiger charge is 2.29. The topological polar surface area (TPSA) is 52.6 Å². The third-order valence-electron chi connectivity index (χ3n) is 3.77. The molecule has 23 heavy (non-hydrogen) atoms. The molecule has 0 aromatic heterocycles. The fraction of sp³-hybridized carbons (Fsp3) is 0.533. The molecule has 128 valence electrons. The summed E-state index contributed by atoms with van der Waals surface area (Å²) in [4.78, 5) is 2.26. The van der Waals surface area contributed by atoms with Crippen molar-refractivity contribution in [2.24, 2.45) is 0 Å². The predicted molar refractivity (Wildman–Crippen MR) is 97.3 cm³/mol. The molecular formula is C15H22ClN3O2S2. The van der Waals surface area contributed by atoms with E-state index < -0.39 is 10.0 Å². The predicted octanol–water partition coefficient (Wildman–Crippen LogP) is 2.32. The molecule has 2 rings (SSSR count). The van der Waals surface area contributed by atoms with Crippen LogP contribution in [0.1, 0.15) is 19.8 Å². The van der Waals surface area contributed by atoms with Crippen molar-refractivity contribution < 1.29 is 8.42 Å². The summed E-state index contributed by atoms with van der Waals surface area (Å²) in [7, 11) is -3.50. The number of piperazine rings is 1. The quantitative estimate of drug-likeness (QED) is 0.632. The smallest absolute Gasteiger partial charge is 0.243 e. The molecule has 0 aliphatic carbocycles. The summed E-state index contributed by atoms with van der Waals surface area (Å²) < 4.78 is 26.7. The SMILES string of the molecule is CCCCNC(=S)N1CCN(S(=O)(=O)c2cccc(Cl)c2)CC1. The maximum absolute atomic E-state index is 12.6. The monoisotopic (exact) mass is 375 g/mol. The van der Waals surface area contributed by atoms with Crippen LogP contribution in [-0.4, -0.2) is 55.5 Å². The Morgan fingerprint density at radius 1 is 1.30 bits per heavy atom. The Balaban J connectivity index is 1.94. The Morgan fingerprint density at radius 2 is 2.00 bits per heavy atom. The van der Waals surface area contributed by atoms with Gasteiger partial charge in [0.2, 0.25) is 10.0 Å². The highest BCUT2D eigenvalue weighted by molar-refractivity contribution is 7.89. The summed E-state index contributed by atoms with van der Waals surface area (Å²) >= 11 is 11.3. The van der Waals surface area contributed by atoms with Gasteiger partial charge in [-0.3, -0.25) is 0 Å². The second-order valence-electron chi connectivity index (χ2n) is 5.43. The number of rotatable bonds is 5. The zero-order chi connectivity index (χ0) is 16.9. The van der Waals surface area contributed by atoms with Gasteiger partial charge in [0.1, 0.15) is 0 Å². The second-order valence-corrected chi connectivity index (χ2v) is 8.20. The Bertz CT molecular complexity index is 644. The lowest BCUT2D eigenvalue weighted by Gasteiger charge is -2.35. The molecule has 0 amide bonds. The van der Waals surface area contributed by atoms with Crippen LogP contribution in [0.15, 0.2) is 29.2 Å². The standard InChI is InChI=1S/C15H22ClN3O2S2/c1-2-3-7-17-15(22)18-8-10-19(11-9-18)23(20,21)14-6-4-5-13(16)12-14/h4-6,12H,2-3,7-11H2,1H3,(H,17,22). The van der Waals surface area contributed by atoms with E-state index in [1.807, 2.05) is 4.90 Å². The molecule has 1 heterocycles. The van der Waals surface area contributed by atoms with Gasteiger partial charge in [0, 0.05) is 37.7 Å². The number of unbranched alkanes of at least 4 members (excludes halogenated alkanes) is 1. The van der Waals surface area contributed by atoms with Crippen molar-refractivity contribution in [2.45, 2.75) is 24.7 Å². The van der Waals surface area contributed by atoms with E-state index in [1.165, 1.54) is 10.4 Å². The van der Waals surface area contributed by atoms with Gasteiger partial charge in [-0.1, -0.05) is 31.0 Å². The number of benzene rings is 1. The van der Waals surface area contributed by atoms with E-state index in [0.29, 0.717) is 36.3 Å². The van der Waals surface area contributed by atoms with Crippen LogP contribution < -0.4 is 5.32 Å². The molecule has 5 nitrogen and oxygen atoms in total. The number of sulfonamides is 1. The van der Waals surface area contributed by atoms with Crippen molar-refractivity contribution >= 4 is 39.0 Å². The van der Waals surface area contributed by atoms with Crippen molar-refractivity contribution in [2.75, 3.05) is 32.7 Å². The van der Waals surface area contributed by atoms with Crippen LogP contribution in [0.25, 0.3) is 0 Å². The molecule has 0 atom stereocenters. The Labute approximate surface area is 148 Å². The Hall–Kier alpha value is -0.890. The fourth-order valence-electron chi connectivity index (χ4n) is 2.39. The van der Waals surface area contributed by atoms with E-state index in [-0.39, 0.29) is 4.90 Å². The molecule has 1 aliphatic heterocycles. The van der Waals surface area contributed by atoms with Crippen LogP contribution in [0.5, 0.6) is 0 Å². The van der Waals surface area contributed by atoms with Crippen molar-refractivity contribution in [3.8, 4) is 0 Å². The first-order valence-corrected chi connectivity index (χ1v) is 9.96. The van der Waals surface area contributed by atoms with Crippen LogP contribution in [-0.2, 0) is 10.0 Å². The number of hydrogen-bond donors (Lipinski definition) is 1. The molecule has 1 saturated heterocycles. The molecule has 1 aromatic rings. The third kappa shape index (κ3) is 4.79. The maximum atomic E-state index is 12.6. The van der Waals surface area contributed by atoms with Crippen molar-refractivity contribution in [1.29, 1.82) is 0 Å². The normalized spacial score (nSPS) is 16.3. The van der Waals surface area contributed by atoms with Gasteiger partial charge in [0.25, 0.3) is 0 Å². The minimum Gasteiger partial charge on any atom is -0.363 e. The molecular weight excluding hydrogens is 354 g/mol. The molecule has 0 radical (unpaired) electrons. The number of thiocarbonyl (C=S) groups is 1. The Kier molecular flexibility index (Phi) is 6.64. The van der Waals surface area contributed by atoms with Gasteiger partial charge < -0.3 is 10.2 Å². The average molecular weight is 376 g/mol. The van der Waals surface area contributed by atoms with Crippen LogP contribution >= 0.6 is 23.8 Å². The molecule has 8 heteroatoms. The van der Waals surface area contributed by atoms with Crippen molar-refractivity contribution in [3.63, 3.8) is 0 Å². The summed E-state index contributed by atoms with van der Waals surface area (Å²) in [5.41, 5.74) is 0. The van der Waals surface area contributed by atoms with Crippen molar-refractivity contribution in [1.82, 2.24) is 14.5 Å². The van der Waals surface area contributed by atoms with E-state index in [9.17, 15) is 8.42 Å². The lowest BCUT2D eigenvalue weighted by atomic mass is 10.3. The van der Waals surface area contributed by atoms with E-state index in [2.05, 4.69) is 12.2 Å². The zero-order valence-electron chi connectivity index (χ0n) is 13.2. The zero-order valence-corrected chi connectivity index (χ0v) is 15.6. The van der Waals surface area contributed by atoms with Gasteiger partial charge in [-0.25, -0.2) is 8.42 Å². The number of halogens is 1. The van der Waals surface area contributed by atoms with Crippen molar-refractivity contribution in [3.05, 3.63) is 29.3 Å². The summed E-state index contributed by atoms with van der Waals surface area (Å²) in [5, 5.41) is 4.35. The first-order chi connectivity index (χ1) is 10.9. The van der Waals surface area contributed by atoms with Gasteiger partial charge in [-0.2, -0.15) is 4.31 Å². The molecule has 1 N–H and O–H groups in total. The summed E-state index contributed by atoms with van der Waals surface area (Å²) in [6, 6.07) is 6.38. The number of nitrogens with one attached hydrogen (secondary N) is 1. The molecule has 1 aliphatic rings. The largest absolute Gasteiger partial charge is 0.363 e. The lowest BCUT2D eigenvalue weighted by Crippen LogP contribution is -2.53. The molecule has 0 bridgehead atoms. The highest BCUT2D eigenvalue weighted by Crippen LogP contribution is 2.20. The van der Waals surface area contributed by atoms with Gasteiger partial charge in [-0.05, 0) is 36.8 Å². The van der Waals surface area contributed by atoms with E-state index in [0.717, 1.165) is 19.4 Å². The van der Waals surface area contributed by atoms with E-state index in [4.69, 9.17) is 23.8 Å². The number of nitrogens with zero attached hydrogens (tertiary/aromatic N) is 2. The molecule has 0 saturated carbocycles. The van der Waals surface area contributed by atoms with Crippen LogP contribution in [0.3, 0.4) is 0 Å². The second kappa shape index (κ2) is 8.28. The lowest BCUT2D eigenvalue weighted by molar-refractivity contribution is 0.264. The minimum atomic E-state index is -3.50. The number of hydrogen-bond acceptors (Lipinski definition) is 3. The molecule has 0 spiro atoms. The Morgan fingerprint density at radius 3 is 2.61 bits per heavy atom. The average Bonchev–Trinajstić information content (AvgIpc) is 2.55. The van der Waals surface area contributed by atoms with Gasteiger partial charge >= 0.3 is 0 Å². The molecule has 0 unspecified atom stereocenters. The van der Waals surface area contributed by atoms with Gasteiger partial charge in [0.05, 0.1) is 4.90 Å². The summed E-state index contributed by atoms with van der Waals surface area (Å²) in [6.45, 7) is 5.02. The molecule has 1 fully saturated rings. The van der Waals surface area contributed by atoms with Gasteiger partial charge in [0.15, 0.2) is 5.11 Å². The van der Waals surface area contributed by atoms with Crippen LogP contribution in [0, 0.1) is 0 Å². The van der Waals surface area contributed by atoms with Crippen LogP contribution in [0.2, 0.25) is 5.02 Å². The molecule has 1 aromatic carbocycles. The highest BCUT2D eigenvalue weighted by atomic mass is 35.5. The maximum Gasteiger partial charge on any atom is 0.243 e. The van der Waals surface area contributed by atoms with Gasteiger partial charge in [-0.15, -0.1) is 0 Å². The third-order valence-corrected chi connectivity index (χ3v) is 6.30. The fourth-order valence-corrected chi connectivity index (χ4v) is 4.40.